The zero-order valence-corrected chi connectivity index (χ0v) is 9.80. The number of hydrogen-bond donors (Lipinski definition) is 1. The molecule has 0 atom stereocenters. The van der Waals surface area contributed by atoms with E-state index in [0.717, 1.165) is 6.07 Å². The first-order valence-electron chi connectivity index (χ1n) is 4.98. The number of amides is 1. The van der Waals surface area contributed by atoms with Crippen molar-refractivity contribution in [2.45, 2.75) is 6.29 Å². The largest absolute Gasteiger partial charge is 0.354 e. The standard InChI is InChI=1S/C11H12F3NO3/c1-17-8(18-2)5-15-11(16)6-3-4-7(12)10(14)9(6)13/h3-4,8H,5H2,1-2H3,(H,15,16). The van der Waals surface area contributed by atoms with Gasteiger partial charge in [-0.05, 0) is 12.1 Å². The van der Waals surface area contributed by atoms with Crippen LogP contribution in [0.2, 0.25) is 0 Å². The number of benzene rings is 1. The van der Waals surface area contributed by atoms with Gasteiger partial charge in [-0.1, -0.05) is 0 Å². The van der Waals surface area contributed by atoms with E-state index in [4.69, 9.17) is 9.47 Å². The zero-order valence-electron chi connectivity index (χ0n) is 9.80. The Labute approximate surface area is 102 Å². The number of ether oxygens (including phenoxy) is 2. The first kappa shape index (κ1) is 14.5. The highest BCUT2D eigenvalue weighted by Gasteiger charge is 2.19. The molecule has 100 valence electrons. The summed E-state index contributed by atoms with van der Waals surface area (Å²) >= 11 is 0. The van der Waals surface area contributed by atoms with E-state index in [1.807, 2.05) is 0 Å². The maximum absolute atomic E-state index is 13.3. The number of carbonyl (C=O) groups is 1. The third-order valence-electron chi connectivity index (χ3n) is 2.23. The fraction of sp³-hybridized carbons (Fsp3) is 0.364. The Morgan fingerprint density at radius 2 is 1.83 bits per heavy atom. The van der Waals surface area contributed by atoms with Crippen LogP contribution >= 0.6 is 0 Å². The normalized spacial score (nSPS) is 10.8. The lowest BCUT2D eigenvalue weighted by Gasteiger charge is -2.14. The SMILES string of the molecule is COC(CNC(=O)c1ccc(F)c(F)c1F)OC. The number of methoxy groups -OCH3 is 2. The molecule has 1 rings (SSSR count). The molecule has 0 aliphatic heterocycles. The zero-order chi connectivity index (χ0) is 13.7. The van der Waals surface area contributed by atoms with Crippen LogP contribution in [0.25, 0.3) is 0 Å². The molecule has 0 saturated heterocycles. The van der Waals surface area contributed by atoms with Crippen molar-refractivity contribution in [1.29, 1.82) is 0 Å². The summed E-state index contributed by atoms with van der Waals surface area (Å²) in [5.41, 5.74) is -0.583. The highest BCUT2D eigenvalue weighted by atomic mass is 19.2. The summed E-state index contributed by atoms with van der Waals surface area (Å²) in [5, 5.41) is 2.27. The minimum atomic E-state index is -1.68. The van der Waals surface area contributed by atoms with Crippen LogP contribution in [0.4, 0.5) is 13.2 Å². The summed E-state index contributed by atoms with van der Waals surface area (Å²) in [6, 6.07) is 1.54. The van der Waals surface area contributed by atoms with Crippen LogP contribution in [0, 0.1) is 17.5 Å². The molecular weight excluding hydrogens is 251 g/mol. The molecule has 0 fully saturated rings. The van der Waals surface area contributed by atoms with Gasteiger partial charge in [-0.3, -0.25) is 4.79 Å². The van der Waals surface area contributed by atoms with Gasteiger partial charge in [0, 0.05) is 14.2 Å². The lowest BCUT2D eigenvalue weighted by molar-refractivity contribution is -0.0974. The molecular formula is C11H12F3NO3. The van der Waals surface area contributed by atoms with Gasteiger partial charge in [-0.15, -0.1) is 0 Å². The summed E-state index contributed by atoms with van der Waals surface area (Å²) in [6.07, 6.45) is -0.706. The second-order valence-electron chi connectivity index (χ2n) is 3.33. The molecule has 1 N–H and O–H groups in total. The number of hydrogen-bond acceptors (Lipinski definition) is 3. The van der Waals surface area contributed by atoms with Gasteiger partial charge in [0.2, 0.25) is 0 Å². The maximum Gasteiger partial charge on any atom is 0.254 e. The van der Waals surface area contributed by atoms with Crippen LogP contribution in [-0.4, -0.2) is 33.0 Å². The number of halogens is 3. The minimum absolute atomic E-state index is 0.0513. The monoisotopic (exact) mass is 263 g/mol. The molecule has 0 saturated carbocycles. The van der Waals surface area contributed by atoms with Crippen molar-refractivity contribution in [3.05, 3.63) is 35.1 Å². The second kappa shape index (κ2) is 6.36. The van der Waals surface area contributed by atoms with Crippen LogP contribution in [0.3, 0.4) is 0 Å². The Morgan fingerprint density at radius 1 is 1.22 bits per heavy atom. The predicted octanol–water partition coefficient (Wildman–Crippen LogP) is 1.45. The van der Waals surface area contributed by atoms with E-state index in [0.29, 0.717) is 6.07 Å². The van der Waals surface area contributed by atoms with Crippen LogP contribution in [-0.2, 0) is 9.47 Å². The predicted molar refractivity (Wildman–Crippen MR) is 56.5 cm³/mol. The van der Waals surface area contributed by atoms with Gasteiger partial charge in [0.1, 0.15) is 0 Å². The van der Waals surface area contributed by atoms with Crippen molar-refractivity contribution < 1.29 is 27.4 Å². The average molecular weight is 263 g/mol. The van der Waals surface area contributed by atoms with Crippen molar-refractivity contribution in [3.8, 4) is 0 Å². The van der Waals surface area contributed by atoms with E-state index in [9.17, 15) is 18.0 Å². The highest BCUT2D eigenvalue weighted by Crippen LogP contribution is 2.14. The summed E-state index contributed by atoms with van der Waals surface area (Å²) in [6.45, 7) is -0.0513. The molecule has 4 nitrogen and oxygen atoms in total. The van der Waals surface area contributed by atoms with Crippen LogP contribution in [0.15, 0.2) is 12.1 Å². The Kier molecular flexibility index (Phi) is 5.11. The van der Waals surface area contributed by atoms with Crippen molar-refractivity contribution in [2.24, 2.45) is 0 Å². The first-order valence-corrected chi connectivity index (χ1v) is 4.98. The fourth-order valence-corrected chi connectivity index (χ4v) is 1.24. The fourth-order valence-electron chi connectivity index (χ4n) is 1.24. The minimum Gasteiger partial charge on any atom is -0.354 e. The van der Waals surface area contributed by atoms with Crippen LogP contribution < -0.4 is 5.32 Å². The van der Waals surface area contributed by atoms with Crippen molar-refractivity contribution in [1.82, 2.24) is 5.32 Å². The van der Waals surface area contributed by atoms with Crippen LogP contribution in [0.5, 0.6) is 0 Å². The summed E-state index contributed by atoms with van der Waals surface area (Å²) in [7, 11) is 2.72. The smallest absolute Gasteiger partial charge is 0.254 e. The van der Waals surface area contributed by atoms with E-state index >= 15 is 0 Å². The number of rotatable bonds is 5. The Balaban J connectivity index is 2.76. The van der Waals surface area contributed by atoms with Crippen molar-refractivity contribution in [3.63, 3.8) is 0 Å². The van der Waals surface area contributed by atoms with E-state index in [2.05, 4.69) is 5.32 Å². The topological polar surface area (TPSA) is 47.6 Å². The molecule has 0 spiro atoms. The van der Waals surface area contributed by atoms with Crippen molar-refractivity contribution >= 4 is 5.91 Å². The molecule has 1 aromatic rings. The Hall–Kier alpha value is -1.60. The Bertz CT molecular complexity index is 436. The molecule has 0 radical (unpaired) electrons. The molecule has 7 heteroatoms. The lowest BCUT2D eigenvalue weighted by Crippen LogP contribution is -2.34. The second-order valence-corrected chi connectivity index (χ2v) is 3.33. The van der Waals surface area contributed by atoms with Gasteiger partial charge in [-0.2, -0.15) is 0 Å². The van der Waals surface area contributed by atoms with E-state index in [1.54, 1.807) is 0 Å². The third kappa shape index (κ3) is 3.21. The third-order valence-corrected chi connectivity index (χ3v) is 2.23. The maximum atomic E-state index is 13.3. The molecule has 1 amide bonds. The molecule has 0 heterocycles. The summed E-state index contributed by atoms with van der Waals surface area (Å²) in [4.78, 5) is 11.5. The average Bonchev–Trinajstić information content (AvgIpc) is 2.37. The Morgan fingerprint density at radius 3 is 2.39 bits per heavy atom. The van der Waals surface area contributed by atoms with Gasteiger partial charge < -0.3 is 14.8 Å². The molecule has 0 aliphatic carbocycles. The van der Waals surface area contributed by atoms with Gasteiger partial charge in [0.25, 0.3) is 5.91 Å². The van der Waals surface area contributed by atoms with Gasteiger partial charge in [0.15, 0.2) is 23.7 Å². The highest BCUT2D eigenvalue weighted by molar-refractivity contribution is 5.94. The van der Waals surface area contributed by atoms with Gasteiger partial charge in [0.05, 0.1) is 12.1 Å². The lowest BCUT2D eigenvalue weighted by atomic mass is 10.2. The van der Waals surface area contributed by atoms with E-state index in [-0.39, 0.29) is 6.54 Å². The molecule has 18 heavy (non-hydrogen) atoms. The quantitative estimate of drug-likeness (QED) is 0.646. The van der Waals surface area contributed by atoms with E-state index < -0.39 is 35.2 Å². The number of carbonyl (C=O) groups excluding carboxylic acids is 1. The molecule has 0 aliphatic rings. The van der Waals surface area contributed by atoms with E-state index in [1.165, 1.54) is 14.2 Å². The molecule has 1 aromatic carbocycles. The number of nitrogens with one attached hydrogen (secondary N) is 1. The van der Waals surface area contributed by atoms with Crippen molar-refractivity contribution in [2.75, 3.05) is 20.8 Å². The van der Waals surface area contributed by atoms with Gasteiger partial charge in [-0.25, -0.2) is 13.2 Å². The molecule has 0 bridgehead atoms. The van der Waals surface area contributed by atoms with Gasteiger partial charge >= 0.3 is 0 Å². The van der Waals surface area contributed by atoms with Crippen LogP contribution in [0.1, 0.15) is 10.4 Å². The molecule has 0 aromatic heterocycles. The first-order chi connectivity index (χ1) is 8.51. The molecule has 0 unspecified atom stereocenters. The summed E-state index contributed by atoms with van der Waals surface area (Å²) < 4.78 is 48.4. The summed E-state index contributed by atoms with van der Waals surface area (Å²) in [5.74, 6) is -5.45.